The van der Waals surface area contributed by atoms with Crippen molar-refractivity contribution in [1.29, 1.82) is 5.26 Å². The molecule has 0 radical (unpaired) electrons. The lowest BCUT2D eigenvalue weighted by atomic mass is 9.99. The summed E-state index contributed by atoms with van der Waals surface area (Å²) in [4.78, 5) is 74.4. The molecule has 26 heteroatoms. The summed E-state index contributed by atoms with van der Waals surface area (Å²) in [5, 5.41) is 35.3. The minimum Gasteiger partial charge on any atom is -0.566 e. The fourth-order valence-corrected chi connectivity index (χ4v) is 8.65. The number of H-pyrrole nitrogens is 1. The van der Waals surface area contributed by atoms with Gasteiger partial charge in [-0.25, -0.2) is 19.9 Å². The van der Waals surface area contributed by atoms with Crippen molar-refractivity contribution in [1.82, 2.24) is 39.0 Å². The summed E-state index contributed by atoms with van der Waals surface area (Å²) in [5.41, 5.74) is 0.0869. The topological polar surface area (TPSA) is 325 Å². The molecule has 5 N–H and O–H groups in total. The molecule has 328 valence electrons. The maximum atomic E-state index is 13.0. The van der Waals surface area contributed by atoms with Gasteiger partial charge < -0.3 is 43.5 Å². The summed E-state index contributed by atoms with van der Waals surface area (Å²) in [6.07, 6.45) is -2.70. The first-order valence-electron chi connectivity index (χ1n) is 19.2. The lowest BCUT2D eigenvalue weighted by Gasteiger charge is -2.28. The highest BCUT2D eigenvalue weighted by atomic mass is 31.2. The largest absolute Gasteiger partial charge is 0.566 e. The Kier molecular flexibility index (Phi) is 14.3. The molecule has 6 heterocycles. The van der Waals surface area contributed by atoms with Crippen LogP contribution in [0.5, 0.6) is 0 Å². The summed E-state index contributed by atoms with van der Waals surface area (Å²) in [7, 11) is -5.87. The van der Waals surface area contributed by atoms with Gasteiger partial charge >= 0.3 is 16.9 Å². The van der Waals surface area contributed by atoms with Crippen molar-refractivity contribution in [3.63, 3.8) is 0 Å². The Morgan fingerprint density at radius 1 is 1.00 bits per heavy atom. The van der Waals surface area contributed by atoms with E-state index < -0.39 is 102 Å². The maximum absolute atomic E-state index is 13.0. The van der Waals surface area contributed by atoms with E-state index in [9.17, 15) is 39.3 Å². The smallest absolute Gasteiger partial charge is 0.488 e. The van der Waals surface area contributed by atoms with Gasteiger partial charge in [-0.05, 0) is 16.7 Å². The molecule has 7 rings (SSSR count). The van der Waals surface area contributed by atoms with Crippen LogP contribution in [0.4, 0.5) is 11.8 Å². The number of fused-ring (bicyclic) bond motifs is 2. The number of anilines is 2. The van der Waals surface area contributed by atoms with Crippen molar-refractivity contribution >= 4 is 62.8 Å². The van der Waals surface area contributed by atoms with Gasteiger partial charge in [0.1, 0.15) is 30.9 Å². The number of aliphatic hydroxyl groups excluding tert-OH is 2. The molecule has 4 aromatic heterocycles. The van der Waals surface area contributed by atoms with Crippen LogP contribution in [0.15, 0.2) is 54.1 Å². The fraction of sp³-hybridized carbons (Fsp3) is 0.472. The molecule has 0 aliphatic carbocycles. The Labute approximate surface area is 353 Å². The van der Waals surface area contributed by atoms with Crippen LogP contribution < -0.4 is 21.1 Å². The van der Waals surface area contributed by atoms with Crippen molar-refractivity contribution < 1.29 is 56.8 Å². The predicted molar refractivity (Wildman–Crippen MR) is 212 cm³/mol. The van der Waals surface area contributed by atoms with E-state index in [2.05, 4.69) is 40.5 Å². The van der Waals surface area contributed by atoms with Gasteiger partial charge in [-0.15, -0.1) is 4.52 Å². The normalized spacial score (nSPS) is 24.4. The van der Waals surface area contributed by atoms with E-state index in [0.717, 1.165) is 0 Å². The molecule has 2 saturated heterocycles. The zero-order chi connectivity index (χ0) is 44.1. The second-order valence-corrected chi connectivity index (χ2v) is 16.2. The molecule has 2 amide bonds. The fourth-order valence-electron chi connectivity index (χ4n) is 6.96. The number of aliphatic hydroxyl groups is 2. The minimum atomic E-state index is -3.39. The number of rotatable bonds is 18. The van der Waals surface area contributed by atoms with Crippen molar-refractivity contribution in [2.45, 2.75) is 64.1 Å². The number of nitrogens with one attached hydrogen (secondary N) is 3. The van der Waals surface area contributed by atoms with E-state index in [1.807, 2.05) is 6.07 Å². The van der Waals surface area contributed by atoms with Crippen LogP contribution in [0.2, 0.25) is 0 Å². The average molecular weight is 898 g/mol. The van der Waals surface area contributed by atoms with E-state index >= 15 is 0 Å². The van der Waals surface area contributed by atoms with Gasteiger partial charge in [-0.3, -0.25) is 33.8 Å². The summed E-state index contributed by atoms with van der Waals surface area (Å²) < 4.78 is 51.1. The molecule has 0 spiro atoms. The highest BCUT2D eigenvalue weighted by Crippen LogP contribution is 2.50. The zero-order valence-corrected chi connectivity index (χ0v) is 35.0. The van der Waals surface area contributed by atoms with Gasteiger partial charge in [0.05, 0.1) is 57.7 Å². The van der Waals surface area contributed by atoms with E-state index in [1.165, 1.54) is 23.5 Å². The number of benzene rings is 1. The third kappa shape index (κ3) is 9.53. The molecule has 2 aliphatic heterocycles. The van der Waals surface area contributed by atoms with Crippen molar-refractivity contribution in [3.05, 3.63) is 65.2 Å². The lowest BCUT2D eigenvalue weighted by Crippen LogP contribution is -2.33. The third-order valence-corrected chi connectivity index (χ3v) is 11.7. The zero-order valence-electron chi connectivity index (χ0n) is 33.2. The monoisotopic (exact) mass is 897 g/mol. The van der Waals surface area contributed by atoms with Gasteiger partial charge in [0.15, 0.2) is 34.4 Å². The van der Waals surface area contributed by atoms with Gasteiger partial charge in [0.25, 0.3) is 11.5 Å². The Morgan fingerprint density at radius 3 is 2.42 bits per heavy atom. The maximum Gasteiger partial charge on any atom is 0.488 e. The highest BCUT2D eigenvalue weighted by molar-refractivity contribution is 7.41. The Balaban J connectivity index is 1.14. The summed E-state index contributed by atoms with van der Waals surface area (Å²) in [6, 6.07) is 10.5. The number of imidazole rings is 2. The number of hydrogen-bond acceptors (Lipinski definition) is 19. The van der Waals surface area contributed by atoms with E-state index in [0.29, 0.717) is 5.56 Å². The predicted octanol–water partition coefficient (Wildman–Crippen LogP) is 1.80. The van der Waals surface area contributed by atoms with Crippen LogP contribution in [0.25, 0.3) is 22.3 Å². The number of amides is 2. The second-order valence-electron chi connectivity index (χ2n) is 14.4. The Morgan fingerprint density at radius 2 is 1.73 bits per heavy atom. The van der Waals surface area contributed by atoms with Crippen molar-refractivity contribution in [3.8, 4) is 6.07 Å². The molecule has 62 heavy (non-hydrogen) atoms. The third-order valence-electron chi connectivity index (χ3n) is 10.1. The molecule has 5 aromatic rings. The second kappa shape index (κ2) is 19.8. The molecule has 0 bridgehead atoms. The van der Waals surface area contributed by atoms with Gasteiger partial charge in [0, 0.05) is 23.3 Å². The molecular weight excluding hydrogens is 856 g/mol. The lowest BCUT2D eigenvalue weighted by molar-refractivity contribution is -0.192. The molecule has 10 atom stereocenters. The van der Waals surface area contributed by atoms with Crippen molar-refractivity contribution in [2.24, 2.45) is 17.8 Å². The van der Waals surface area contributed by atoms with Crippen LogP contribution in [-0.2, 0) is 36.9 Å². The number of nitrogens with zero attached hydrogens (tertiary/aromatic N) is 8. The summed E-state index contributed by atoms with van der Waals surface area (Å²) in [6.45, 7) is 3.35. The Hall–Kier alpha value is -5.28. The summed E-state index contributed by atoms with van der Waals surface area (Å²) >= 11 is 0. The Bertz CT molecular complexity index is 2500. The van der Waals surface area contributed by atoms with Crippen LogP contribution >= 0.6 is 16.9 Å². The molecule has 24 nitrogen and oxygen atoms in total. The standard InChI is InChI=1S/C36H41N11O13P2/c1-18(2)31(50)44-36-43-30-25(33(52)45-36)41-17-47(30)35-27(21(12-48)22(13-49)57-35)60-62(55-11-7-10-37)56-14-23-26(59-61(53)54)19(3)34(58-23)46-16-40-24-28(38-15-39-29(24)46)42-32(51)20-8-5-4-6-9-20/h4-6,8-9,15-19,21-23,26-27,34-35,48-49H,7,11-14H2,1-3H3,(H,38,39,42,51)(H2,43,44,45,50,52). The first-order chi connectivity index (χ1) is 29.9. The van der Waals surface area contributed by atoms with Gasteiger partial charge in [-0.1, -0.05) is 39.0 Å². The number of ether oxygens (including phenoxy) is 2. The van der Waals surface area contributed by atoms with Crippen LogP contribution in [0.1, 0.15) is 50.0 Å². The number of carbonyl (C=O) groups is 2. The van der Waals surface area contributed by atoms with E-state index in [1.54, 1.807) is 55.7 Å². The molecule has 10 unspecified atom stereocenters. The van der Waals surface area contributed by atoms with Crippen molar-refractivity contribution in [2.75, 3.05) is 37.1 Å². The number of aromatic nitrogens is 8. The van der Waals surface area contributed by atoms with E-state index in [-0.39, 0.29) is 53.7 Å². The first kappa shape index (κ1) is 44.8. The molecule has 0 saturated carbocycles. The number of aromatic amines is 1. The minimum absolute atomic E-state index is 0.0218. The average Bonchev–Trinajstić information content (AvgIpc) is 4.04. The number of carbonyl (C=O) groups excluding carboxylic acids is 2. The SMILES string of the molecule is CC(C)C(=O)Nc1nc2c(ncn2C2OC(CO)C(CO)C2OP(OCCC#N)OCC2OC(n3cnc4c(NC(=O)c5ccccc5)ncnc43)C(C)C2O[P+](=O)[O-])c(=O)[nH]1. The number of hydrogen-bond donors (Lipinski definition) is 5. The molecule has 2 aliphatic rings. The van der Waals surface area contributed by atoms with Crippen LogP contribution in [-0.4, -0.2) is 112 Å². The number of nitriles is 1. The van der Waals surface area contributed by atoms with Crippen LogP contribution in [0, 0.1) is 29.1 Å². The summed E-state index contributed by atoms with van der Waals surface area (Å²) in [5.74, 6) is -2.89. The molecule has 2 fully saturated rings. The molecular formula is C36H41N11O13P2. The van der Waals surface area contributed by atoms with Crippen LogP contribution in [0.3, 0.4) is 0 Å². The van der Waals surface area contributed by atoms with Gasteiger partial charge in [-0.2, -0.15) is 10.2 Å². The first-order valence-corrected chi connectivity index (χ1v) is 21.4. The highest BCUT2D eigenvalue weighted by Gasteiger charge is 2.50. The quantitative estimate of drug-likeness (QED) is 0.0618. The molecule has 1 aromatic carbocycles. The van der Waals surface area contributed by atoms with Gasteiger partial charge in [0.2, 0.25) is 11.9 Å². The van der Waals surface area contributed by atoms with E-state index in [4.69, 9.17) is 27.6 Å².